The molecule has 28 heavy (non-hydrogen) atoms. The molecule has 0 amide bonds. The van der Waals surface area contributed by atoms with Gasteiger partial charge in [-0.1, -0.05) is 24.3 Å². The number of nitrogens with zero attached hydrogens (tertiary/aromatic N) is 2. The molecule has 2 aromatic carbocycles. The summed E-state index contributed by atoms with van der Waals surface area (Å²) in [6.45, 7) is 0. The Hall–Kier alpha value is -2.68. The minimum Gasteiger partial charge on any atom is -0.493 e. The van der Waals surface area contributed by atoms with Crippen molar-refractivity contribution >= 4 is 29.9 Å². The molecule has 0 spiro atoms. The topological polar surface area (TPSA) is 108 Å². The van der Waals surface area contributed by atoms with E-state index in [4.69, 9.17) is 20.3 Å². The largest absolute Gasteiger partial charge is 0.493 e. The maximum absolute atomic E-state index is 10.9. The first-order chi connectivity index (χ1) is 13.0. The van der Waals surface area contributed by atoms with Crippen molar-refractivity contribution < 1.29 is 19.4 Å². The summed E-state index contributed by atoms with van der Waals surface area (Å²) in [5.74, 6) is 0.880. The third-order valence-electron chi connectivity index (χ3n) is 4.04. The van der Waals surface area contributed by atoms with Crippen LogP contribution in [0.4, 0.5) is 0 Å². The van der Waals surface area contributed by atoms with Crippen LogP contribution in [0.1, 0.15) is 5.56 Å². The van der Waals surface area contributed by atoms with Crippen LogP contribution in [-0.4, -0.2) is 40.7 Å². The highest BCUT2D eigenvalue weighted by atomic mass is 35.5. The lowest BCUT2D eigenvalue weighted by molar-refractivity contribution is -0.138. The van der Waals surface area contributed by atoms with Gasteiger partial charge < -0.3 is 20.3 Å². The molecule has 0 unspecified atom stereocenters. The monoisotopic (exact) mass is 421 g/mol. The number of aromatic nitrogens is 2. The van der Waals surface area contributed by atoms with Crippen molar-refractivity contribution in [1.29, 1.82) is 0 Å². The molecule has 7 nitrogen and oxygen atoms in total. The van der Waals surface area contributed by atoms with Crippen molar-refractivity contribution in [2.45, 2.75) is 12.5 Å². The van der Waals surface area contributed by atoms with E-state index in [0.29, 0.717) is 17.3 Å². The van der Waals surface area contributed by atoms with Crippen molar-refractivity contribution in [1.82, 2.24) is 9.36 Å². The lowest BCUT2D eigenvalue weighted by atomic mass is 10.0. The summed E-state index contributed by atoms with van der Waals surface area (Å²) in [5.41, 5.74) is 8.16. The Labute approximate surface area is 172 Å². The Balaban J connectivity index is 0.00000280. The van der Waals surface area contributed by atoms with E-state index in [-0.39, 0.29) is 18.8 Å². The van der Waals surface area contributed by atoms with Crippen LogP contribution in [0.5, 0.6) is 11.5 Å². The number of halogens is 1. The molecule has 0 saturated heterocycles. The molecule has 1 heterocycles. The van der Waals surface area contributed by atoms with Crippen LogP contribution < -0.4 is 15.2 Å². The normalized spacial score (nSPS) is 11.4. The van der Waals surface area contributed by atoms with E-state index in [2.05, 4.69) is 9.36 Å². The van der Waals surface area contributed by atoms with Gasteiger partial charge in [-0.2, -0.15) is 4.37 Å². The van der Waals surface area contributed by atoms with Crippen LogP contribution >= 0.6 is 23.9 Å². The molecule has 0 fully saturated rings. The molecule has 1 atom stereocenters. The van der Waals surface area contributed by atoms with Crippen LogP contribution in [0.2, 0.25) is 0 Å². The van der Waals surface area contributed by atoms with Gasteiger partial charge in [-0.15, -0.1) is 12.4 Å². The summed E-state index contributed by atoms with van der Waals surface area (Å²) in [6, 6.07) is 12.1. The molecular weight excluding hydrogens is 402 g/mol. The van der Waals surface area contributed by atoms with Crippen LogP contribution in [0, 0.1) is 0 Å². The van der Waals surface area contributed by atoms with Gasteiger partial charge in [0.05, 0.1) is 14.2 Å². The predicted octanol–water partition coefficient (Wildman–Crippen LogP) is 3.27. The van der Waals surface area contributed by atoms with Gasteiger partial charge in [0.25, 0.3) is 0 Å². The molecule has 148 valence electrons. The van der Waals surface area contributed by atoms with Gasteiger partial charge in [0, 0.05) is 11.1 Å². The van der Waals surface area contributed by atoms with Crippen LogP contribution in [-0.2, 0) is 11.2 Å². The second kappa shape index (κ2) is 9.50. The fourth-order valence-corrected chi connectivity index (χ4v) is 3.24. The smallest absolute Gasteiger partial charge is 0.320 e. The number of hydrogen-bond acceptors (Lipinski definition) is 7. The average molecular weight is 422 g/mol. The molecule has 3 N–H and O–H groups in total. The molecule has 0 aliphatic heterocycles. The molecule has 0 bridgehead atoms. The van der Waals surface area contributed by atoms with Crippen molar-refractivity contribution in [2.24, 2.45) is 5.73 Å². The number of carboxylic acids is 1. The fraction of sp³-hybridized carbons (Fsp3) is 0.211. The van der Waals surface area contributed by atoms with E-state index in [9.17, 15) is 4.79 Å². The van der Waals surface area contributed by atoms with E-state index < -0.39 is 12.0 Å². The first kappa shape index (κ1) is 21.6. The second-order valence-electron chi connectivity index (χ2n) is 5.84. The highest BCUT2D eigenvalue weighted by Gasteiger charge is 2.14. The zero-order valence-electron chi connectivity index (χ0n) is 15.3. The molecular formula is C19H20ClN3O4S. The molecule has 0 aliphatic carbocycles. The summed E-state index contributed by atoms with van der Waals surface area (Å²) >= 11 is 1.29. The summed E-state index contributed by atoms with van der Waals surface area (Å²) < 4.78 is 15.0. The molecule has 3 aromatic rings. The van der Waals surface area contributed by atoms with Gasteiger partial charge in [-0.05, 0) is 41.7 Å². The Morgan fingerprint density at radius 3 is 2.36 bits per heavy atom. The summed E-state index contributed by atoms with van der Waals surface area (Å²) in [7, 11) is 3.18. The first-order valence-corrected chi connectivity index (χ1v) is 8.93. The van der Waals surface area contributed by atoms with Crippen LogP contribution in [0.25, 0.3) is 22.0 Å². The van der Waals surface area contributed by atoms with Gasteiger partial charge in [-0.25, -0.2) is 4.98 Å². The van der Waals surface area contributed by atoms with E-state index in [1.54, 1.807) is 14.2 Å². The SMILES string of the molecule is COc1ccc(-c2nc(-c3ccc(C[C@H](N)C(=O)O)cc3)ns2)cc1OC.Cl. The van der Waals surface area contributed by atoms with E-state index in [1.165, 1.54) is 11.5 Å². The molecule has 0 saturated carbocycles. The minimum atomic E-state index is -1.01. The third-order valence-corrected chi connectivity index (χ3v) is 4.81. The third kappa shape index (κ3) is 4.78. The Kier molecular flexibility index (Phi) is 7.33. The maximum atomic E-state index is 10.9. The molecule has 3 rings (SSSR count). The van der Waals surface area contributed by atoms with Crippen molar-refractivity contribution in [3.05, 3.63) is 48.0 Å². The molecule has 0 aliphatic rings. The number of benzene rings is 2. The maximum Gasteiger partial charge on any atom is 0.320 e. The van der Waals surface area contributed by atoms with Gasteiger partial charge in [-0.3, -0.25) is 4.79 Å². The number of ether oxygens (including phenoxy) is 2. The van der Waals surface area contributed by atoms with Crippen molar-refractivity contribution in [3.63, 3.8) is 0 Å². The van der Waals surface area contributed by atoms with Gasteiger partial charge in [0.1, 0.15) is 11.0 Å². The fourth-order valence-electron chi connectivity index (χ4n) is 2.56. The van der Waals surface area contributed by atoms with Gasteiger partial charge >= 0.3 is 5.97 Å². The zero-order valence-corrected chi connectivity index (χ0v) is 16.9. The summed E-state index contributed by atoms with van der Waals surface area (Å²) in [5, 5.41) is 9.66. The highest BCUT2D eigenvalue weighted by molar-refractivity contribution is 7.09. The number of carbonyl (C=O) groups is 1. The Morgan fingerprint density at radius 2 is 1.75 bits per heavy atom. The van der Waals surface area contributed by atoms with Gasteiger partial charge in [0.15, 0.2) is 17.3 Å². The Bertz CT molecular complexity index is 947. The standard InChI is InChI=1S/C19H19N3O4S.ClH/c1-25-15-8-7-13(10-16(15)26-2)18-21-17(22-27-18)12-5-3-11(4-6-12)9-14(20)19(23)24;/h3-8,10,14H,9,20H2,1-2H3,(H,23,24);1H/t14-;/m0./s1. The van der Waals surface area contributed by atoms with E-state index in [1.807, 2.05) is 42.5 Å². The van der Waals surface area contributed by atoms with Crippen molar-refractivity contribution in [3.8, 4) is 33.5 Å². The average Bonchev–Trinajstić information content (AvgIpc) is 3.18. The first-order valence-electron chi connectivity index (χ1n) is 8.15. The van der Waals surface area contributed by atoms with Crippen LogP contribution in [0.15, 0.2) is 42.5 Å². The quantitative estimate of drug-likeness (QED) is 0.602. The molecule has 0 radical (unpaired) electrons. The summed E-state index contributed by atoms with van der Waals surface area (Å²) in [4.78, 5) is 15.4. The summed E-state index contributed by atoms with van der Waals surface area (Å²) in [6.07, 6.45) is 0.275. The number of aliphatic carboxylic acids is 1. The second-order valence-corrected chi connectivity index (χ2v) is 6.59. The predicted molar refractivity (Wildman–Crippen MR) is 110 cm³/mol. The van der Waals surface area contributed by atoms with Gasteiger partial charge in [0.2, 0.25) is 0 Å². The Morgan fingerprint density at radius 1 is 1.11 bits per heavy atom. The lowest BCUT2D eigenvalue weighted by Crippen LogP contribution is -2.32. The van der Waals surface area contributed by atoms with E-state index >= 15 is 0 Å². The number of carboxylic acid groups (broad SMARTS) is 1. The minimum absolute atomic E-state index is 0. The zero-order chi connectivity index (χ0) is 19.4. The lowest BCUT2D eigenvalue weighted by Gasteiger charge is -2.08. The molecule has 9 heteroatoms. The number of rotatable bonds is 7. The van der Waals surface area contributed by atoms with E-state index in [0.717, 1.165) is 21.7 Å². The van der Waals surface area contributed by atoms with Crippen LogP contribution in [0.3, 0.4) is 0 Å². The van der Waals surface area contributed by atoms with Crippen molar-refractivity contribution in [2.75, 3.05) is 14.2 Å². The highest BCUT2D eigenvalue weighted by Crippen LogP contribution is 2.33. The number of nitrogens with two attached hydrogens (primary N) is 1. The molecule has 1 aromatic heterocycles. The number of hydrogen-bond donors (Lipinski definition) is 2. The number of methoxy groups -OCH3 is 2.